The molecule has 1 aromatic carbocycles. The second kappa shape index (κ2) is 9.28. The zero-order valence-corrected chi connectivity index (χ0v) is 20.5. The van der Waals surface area contributed by atoms with Crippen molar-refractivity contribution in [2.45, 2.75) is 45.9 Å². The van der Waals surface area contributed by atoms with Crippen molar-refractivity contribution in [3.8, 4) is 11.4 Å². The molecule has 7 heteroatoms. The van der Waals surface area contributed by atoms with Crippen LogP contribution in [-0.2, 0) is 13.2 Å². The fourth-order valence-corrected chi connectivity index (χ4v) is 4.85. The molecule has 0 radical (unpaired) electrons. The van der Waals surface area contributed by atoms with Crippen molar-refractivity contribution in [1.82, 2.24) is 19.0 Å². The monoisotopic (exact) mass is 476 g/mol. The van der Waals surface area contributed by atoms with Crippen LogP contribution in [0.25, 0.3) is 16.6 Å². The maximum atomic E-state index is 12.9. The molecule has 0 aliphatic carbocycles. The smallest absolute Gasteiger partial charge is 0.258 e. The number of benzene rings is 1. The Hall–Kier alpha value is -3.09. The van der Waals surface area contributed by atoms with Gasteiger partial charge in [-0.3, -0.25) is 19.2 Å². The number of fused-ring (bicyclic) bond motifs is 3. The van der Waals surface area contributed by atoms with Crippen molar-refractivity contribution in [2.75, 3.05) is 13.1 Å². The van der Waals surface area contributed by atoms with Gasteiger partial charge in [0.15, 0.2) is 0 Å². The lowest BCUT2D eigenvalue weighted by Gasteiger charge is -2.26. The molecule has 0 saturated carbocycles. The van der Waals surface area contributed by atoms with Crippen molar-refractivity contribution in [3.05, 3.63) is 87.7 Å². The Kier molecular flexibility index (Phi) is 6.19. The van der Waals surface area contributed by atoms with Crippen molar-refractivity contribution in [1.29, 1.82) is 0 Å². The van der Waals surface area contributed by atoms with Gasteiger partial charge in [-0.05, 0) is 56.3 Å². The highest BCUT2D eigenvalue weighted by Gasteiger charge is 2.23. The van der Waals surface area contributed by atoms with E-state index in [1.54, 1.807) is 35.2 Å². The summed E-state index contributed by atoms with van der Waals surface area (Å²) >= 11 is 5.87. The summed E-state index contributed by atoms with van der Waals surface area (Å²) in [6.07, 6.45) is 3.34. The quantitative estimate of drug-likeness (QED) is 0.395. The van der Waals surface area contributed by atoms with E-state index >= 15 is 0 Å². The molecule has 1 atom stereocenters. The lowest BCUT2D eigenvalue weighted by atomic mass is 10.1. The largest absolute Gasteiger partial charge is 0.487 e. The minimum absolute atomic E-state index is 0.136. The molecule has 1 aliphatic heterocycles. The van der Waals surface area contributed by atoms with E-state index in [0.717, 1.165) is 31.0 Å². The van der Waals surface area contributed by atoms with E-state index in [-0.39, 0.29) is 12.2 Å². The Morgan fingerprint density at radius 2 is 1.97 bits per heavy atom. The summed E-state index contributed by atoms with van der Waals surface area (Å²) in [6.45, 7) is 10.2. The highest BCUT2D eigenvalue weighted by atomic mass is 35.5. The standard InChI is InChI=1S/C27H29ClN4O2/c1-18(2)30-10-11-32-25-7-6-23(12-20(25)13-26(32)19(3)16-30)31-9-8-24(14-27(31)33)34-17-22-5-4-21(28)15-29-22/h4-9,12-15,18-19H,10-11,16-17H2,1-3H3/t19-/m0/s1. The summed E-state index contributed by atoms with van der Waals surface area (Å²) in [5, 5.41) is 1.74. The average molecular weight is 477 g/mol. The minimum atomic E-state index is -0.136. The Balaban J connectivity index is 1.38. The van der Waals surface area contributed by atoms with Gasteiger partial charge in [-0.1, -0.05) is 18.5 Å². The van der Waals surface area contributed by atoms with E-state index in [0.29, 0.717) is 22.7 Å². The number of hydrogen-bond acceptors (Lipinski definition) is 4. The van der Waals surface area contributed by atoms with E-state index in [1.165, 1.54) is 22.7 Å². The van der Waals surface area contributed by atoms with Crippen LogP contribution in [0.15, 0.2) is 65.7 Å². The summed E-state index contributed by atoms with van der Waals surface area (Å²) in [5.41, 5.74) is 4.04. The molecule has 0 saturated heterocycles. The SMILES string of the molecule is CC(C)N1CCn2c(cc3cc(-n4ccc(OCc5ccc(Cl)cn5)cc4=O)ccc32)[C@@H](C)C1. The van der Waals surface area contributed by atoms with E-state index in [2.05, 4.69) is 53.4 Å². The van der Waals surface area contributed by atoms with Crippen LogP contribution in [0.4, 0.5) is 0 Å². The fraction of sp³-hybridized carbons (Fsp3) is 0.333. The first-order valence-corrected chi connectivity index (χ1v) is 12.1. The molecule has 34 heavy (non-hydrogen) atoms. The zero-order valence-electron chi connectivity index (χ0n) is 19.7. The van der Waals surface area contributed by atoms with Gasteiger partial charge in [-0.2, -0.15) is 0 Å². The van der Waals surface area contributed by atoms with Gasteiger partial charge in [-0.25, -0.2) is 0 Å². The maximum absolute atomic E-state index is 12.9. The average Bonchev–Trinajstić information content (AvgIpc) is 3.10. The van der Waals surface area contributed by atoms with E-state index in [9.17, 15) is 4.79 Å². The summed E-state index contributed by atoms with van der Waals surface area (Å²) in [4.78, 5) is 19.6. The third-order valence-corrected chi connectivity index (χ3v) is 6.84. The molecule has 3 aromatic heterocycles. The molecule has 0 bridgehead atoms. The first-order chi connectivity index (χ1) is 16.4. The normalized spacial score (nSPS) is 16.6. The molecule has 4 heterocycles. The molecular formula is C27H29ClN4O2. The van der Waals surface area contributed by atoms with Crippen LogP contribution >= 0.6 is 11.6 Å². The van der Waals surface area contributed by atoms with Crippen LogP contribution in [0.3, 0.4) is 0 Å². The van der Waals surface area contributed by atoms with Gasteiger partial charge in [0.2, 0.25) is 0 Å². The van der Waals surface area contributed by atoms with Crippen LogP contribution in [0.2, 0.25) is 5.02 Å². The molecule has 0 spiro atoms. The molecule has 1 aliphatic rings. The number of nitrogens with zero attached hydrogens (tertiary/aromatic N) is 4. The molecule has 0 amide bonds. The van der Waals surface area contributed by atoms with E-state index in [1.807, 2.05) is 6.07 Å². The van der Waals surface area contributed by atoms with Gasteiger partial charge in [0.05, 0.1) is 10.7 Å². The lowest BCUT2D eigenvalue weighted by Crippen LogP contribution is -2.34. The van der Waals surface area contributed by atoms with Crippen LogP contribution in [-0.4, -0.2) is 38.1 Å². The topological polar surface area (TPSA) is 52.3 Å². The molecule has 5 rings (SSSR count). The van der Waals surface area contributed by atoms with Crippen molar-refractivity contribution in [3.63, 3.8) is 0 Å². The second-order valence-electron chi connectivity index (χ2n) is 9.28. The Bertz CT molecular complexity index is 1370. The highest BCUT2D eigenvalue weighted by Crippen LogP contribution is 2.30. The first kappa shape index (κ1) is 22.7. The van der Waals surface area contributed by atoms with Crippen molar-refractivity contribution < 1.29 is 4.74 Å². The van der Waals surface area contributed by atoms with Gasteiger partial charge in [0.1, 0.15) is 12.4 Å². The molecular weight excluding hydrogens is 448 g/mol. The van der Waals surface area contributed by atoms with Gasteiger partial charge in [-0.15, -0.1) is 0 Å². The molecule has 4 aromatic rings. The van der Waals surface area contributed by atoms with E-state index < -0.39 is 0 Å². The van der Waals surface area contributed by atoms with Gasteiger partial charge in [0, 0.05) is 72.3 Å². The van der Waals surface area contributed by atoms with Crippen LogP contribution in [0, 0.1) is 0 Å². The third kappa shape index (κ3) is 4.48. The van der Waals surface area contributed by atoms with Crippen LogP contribution < -0.4 is 10.3 Å². The highest BCUT2D eigenvalue weighted by molar-refractivity contribution is 6.30. The second-order valence-corrected chi connectivity index (χ2v) is 9.72. The molecule has 0 N–H and O–H groups in total. The minimum Gasteiger partial charge on any atom is -0.487 e. The number of hydrogen-bond donors (Lipinski definition) is 0. The third-order valence-electron chi connectivity index (χ3n) is 6.62. The molecule has 6 nitrogen and oxygen atoms in total. The predicted octanol–water partition coefficient (Wildman–Crippen LogP) is 5.25. The number of pyridine rings is 2. The van der Waals surface area contributed by atoms with Gasteiger partial charge in [0.25, 0.3) is 5.56 Å². The van der Waals surface area contributed by atoms with Gasteiger partial charge < -0.3 is 9.30 Å². The summed E-state index contributed by atoms with van der Waals surface area (Å²) in [7, 11) is 0. The Morgan fingerprint density at radius 1 is 1.12 bits per heavy atom. The van der Waals surface area contributed by atoms with Crippen molar-refractivity contribution in [2.24, 2.45) is 0 Å². The van der Waals surface area contributed by atoms with Crippen LogP contribution in [0.1, 0.15) is 38.1 Å². The van der Waals surface area contributed by atoms with E-state index in [4.69, 9.17) is 16.3 Å². The number of halogens is 1. The number of rotatable bonds is 5. The van der Waals surface area contributed by atoms with Crippen LogP contribution in [0.5, 0.6) is 5.75 Å². The molecule has 0 unspecified atom stereocenters. The molecule has 176 valence electrons. The summed E-state index contributed by atoms with van der Waals surface area (Å²) < 4.78 is 9.85. The Morgan fingerprint density at radius 3 is 2.71 bits per heavy atom. The zero-order chi connectivity index (χ0) is 23.8. The number of ether oxygens (including phenoxy) is 1. The maximum Gasteiger partial charge on any atom is 0.258 e. The summed E-state index contributed by atoms with van der Waals surface area (Å²) in [6, 6.07) is 16.0. The fourth-order valence-electron chi connectivity index (χ4n) is 4.73. The Labute approximate surface area is 204 Å². The number of aromatic nitrogens is 3. The lowest BCUT2D eigenvalue weighted by molar-refractivity contribution is 0.216. The first-order valence-electron chi connectivity index (χ1n) is 11.7. The van der Waals surface area contributed by atoms with Crippen molar-refractivity contribution >= 4 is 22.5 Å². The predicted molar refractivity (Wildman–Crippen MR) is 136 cm³/mol. The van der Waals surface area contributed by atoms with Gasteiger partial charge >= 0.3 is 0 Å². The summed E-state index contributed by atoms with van der Waals surface area (Å²) in [5.74, 6) is 0.966. The molecule has 0 fully saturated rings.